The van der Waals surface area contributed by atoms with Gasteiger partial charge in [0.25, 0.3) is 0 Å². The summed E-state index contributed by atoms with van der Waals surface area (Å²) in [4.78, 5) is 314. The summed E-state index contributed by atoms with van der Waals surface area (Å²) in [7, 11) is 0. The standard InChI is InChI=1S/C79H119N31O25/c1-7-40(4)66(110-75(130)49(11-12-65(120)121)105-68(123)42(6)99-67(122)41(5)98-60(115)28-92-73(128)56(32-111)104-58(113)20-81)78(133)109-57(33-112)77(132)106-50(14-39(2)3)69(124)89-29-62(117)102-52(16-44-22-83-35-94-44)71(126)91-31-64(119)103-53(17-45-23-84-36-95-45)72(127)90-30-63(118)101-51(15-43-21-82-34-93-43)70(125)88-26-59(114)87-27-61(116)100-48(10-8-9-13-80)74(129)107-54(18-46-24-85-37-96-46)76(131)108-55(79(134)135)19-47-25-86-38-97-47/h21-25,34-42,48-57,66,111-112H,7-20,26-33,80-81H2,1-6H3,(H,82,93)(H,83,94)(H,84,95)(H,85,96)(H,86,97)(H,87,114)(H,88,125)(H,89,124)(H,90,127)(H,91,126)(H,92,128)(H,98,115)(H,99,122)(H,100,116)(H,101,118)(H,102,117)(H,103,119)(H,104,113)(H,105,123)(H,106,132)(H,107,129)(H,108,131)(H,109,133)(H,110,130)(H,120,121)(H,134,135)/t40-,41-,42-,48-,49-,50-,51-,52-,53-,54-,55-,56-,57-,66-/m0/s1. The minimum atomic E-state index is -1.83. The number of H-pyrrole nitrogens is 5. The molecule has 56 heteroatoms. The number of carbonyl (C=O) groups is 21. The topological polar surface area (TPSA) is 863 Å². The van der Waals surface area contributed by atoms with Gasteiger partial charge in [-0.3, -0.25) is 95.9 Å². The number of hydrogen-bond donors (Lipinski definition) is 30. The largest absolute Gasteiger partial charge is 0.481 e. The highest BCUT2D eigenvalue weighted by atomic mass is 16.4. The van der Waals surface area contributed by atoms with Crippen LogP contribution in [0.25, 0.3) is 0 Å². The van der Waals surface area contributed by atoms with Crippen LogP contribution in [0, 0.1) is 11.8 Å². The molecule has 740 valence electrons. The zero-order valence-electron chi connectivity index (χ0n) is 74.7. The third kappa shape index (κ3) is 40.6. The highest BCUT2D eigenvalue weighted by molar-refractivity contribution is 6.01. The molecule has 0 fully saturated rings. The Morgan fingerprint density at radius 2 is 0.637 bits per heavy atom. The zero-order valence-corrected chi connectivity index (χ0v) is 74.7. The van der Waals surface area contributed by atoms with Crippen molar-refractivity contribution in [1.29, 1.82) is 0 Å². The summed E-state index contributed by atoms with van der Waals surface area (Å²) in [6.07, 6.45) is 11.8. The second-order valence-corrected chi connectivity index (χ2v) is 31.2. The molecule has 32 N–H and O–H groups in total. The average Bonchev–Trinajstić information content (AvgIpc) is 1.10. The summed E-state index contributed by atoms with van der Waals surface area (Å²) in [5.74, 6) is -22.2. The second-order valence-electron chi connectivity index (χ2n) is 31.2. The molecule has 0 saturated carbocycles. The van der Waals surface area contributed by atoms with Gasteiger partial charge < -0.3 is 158 Å². The van der Waals surface area contributed by atoms with Gasteiger partial charge in [0.05, 0.1) is 119 Å². The lowest BCUT2D eigenvalue weighted by Gasteiger charge is -2.29. The maximum atomic E-state index is 14.1. The SMILES string of the molecule is CC[C@H](C)[C@H](NC(=O)[C@H](CCC(=O)O)NC(=O)[C@H](C)NC(=O)[C@H](C)NC(=O)CNC(=O)[C@H](CO)NC(=O)CN)C(=O)N[C@@H](CO)C(=O)N[C@@H](CC(C)C)C(=O)NCC(=O)N[C@@H](Cc1c[nH]cn1)C(=O)NCC(=O)N[C@@H](Cc1c[nH]cn1)C(=O)NCC(=O)N[C@@H](Cc1c[nH]cn1)C(=O)NCC(=O)NCC(=O)N[C@@H](CCCCN)C(=O)N[C@@H](Cc1c[nH]cn1)C(=O)N[C@@H](Cc1c[nH]cn1)C(=O)O. The zero-order chi connectivity index (χ0) is 99.8. The summed E-state index contributed by atoms with van der Waals surface area (Å²) in [6.45, 7) is 1.91. The lowest BCUT2D eigenvalue weighted by Crippen LogP contribution is -2.61. The van der Waals surface area contributed by atoms with E-state index in [-0.39, 0.29) is 80.9 Å². The number of nitrogens with two attached hydrogens (primary N) is 2. The summed E-state index contributed by atoms with van der Waals surface area (Å²) in [6, 6.07) is -19.5. The first kappa shape index (κ1) is 110. The number of aromatic amines is 5. The Morgan fingerprint density at radius 1 is 0.326 bits per heavy atom. The molecular formula is C79H119N31O25. The van der Waals surface area contributed by atoms with E-state index in [4.69, 9.17) is 11.5 Å². The molecule has 56 nitrogen and oxygen atoms in total. The molecule has 0 aliphatic rings. The van der Waals surface area contributed by atoms with Crippen LogP contribution in [0.2, 0.25) is 0 Å². The predicted octanol–water partition coefficient (Wildman–Crippen LogP) is -13.0. The van der Waals surface area contributed by atoms with E-state index in [0.29, 0.717) is 24.2 Å². The van der Waals surface area contributed by atoms with Gasteiger partial charge in [0.1, 0.15) is 78.5 Å². The Balaban J connectivity index is 1.15. The van der Waals surface area contributed by atoms with Crippen LogP contribution in [-0.4, -0.2) is 339 Å². The van der Waals surface area contributed by atoms with E-state index in [1.165, 1.54) is 83.4 Å². The van der Waals surface area contributed by atoms with Gasteiger partial charge in [-0.05, 0) is 64.3 Å². The van der Waals surface area contributed by atoms with Crippen LogP contribution in [0.15, 0.2) is 62.6 Å². The summed E-state index contributed by atoms with van der Waals surface area (Å²) in [5, 5.41) is 84.5. The van der Waals surface area contributed by atoms with Crippen molar-refractivity contribution in [1.82, 2.24) is 151 Å². The molecule has 0 unspecified atom stereocenters. The number of rotatable bonds is 62. The molecule has 135 heavy (non-hydrogen) atoms. The summed E-state index contributed by atoms with van der Waals surface area (Å²) in [5.41, 5.74) is 12.3. The van der Waals surface area contributed by atoms with Crippen LogP contribution in [0.3, 0.4) is 0 Å². The maximum absolute atomic E-state index is 14.1. The number of aliphatic hydroxyl groups is 2. The van der Waals surface area contributed by atoms with Gasteiger partial charge in [0, 0.05) is 69.5 Å². The van der Waals surface area contributed by atoms with E-state index in [0.717, 1.165) is 0 Å². The van der Waals surface area contributed by atoms with Crippen LogP contribution in [-0.2, 0) is 133 Å². The van der Waals surface area contributed by atoms with Crippen molar-refractivity contribution in [2.75, 3.05) is 65.6 Å². The second kappa shape index (κ2) is 57.8. The molecule has 0 aliphatic carbocycles. The highest BCUT2D eigenvalue weighted by Crippen LogP contribution is 2.14. The minimum Gasteiger partial charge on any atom is -0.481 e. The fourth-order valence-electron chi connectivity index (χ4n) is 12.5. The number of amides is 19. The van der Waals surface area contributed by atoms with E-state index in [1.54, 1.807) is 20.8 Å². The molecule has 5 heterocycles. The monoisotopic (exact) mass is 1900 g/mol. The number of carbonyl (C=O) groups excluding carboxylic acids is 19. The number of nitrogens with zero attached hydrogens (tertiary/aromatic N) is 5. The normalized spacial score (nSPS) is 14.1. The molecule has 0 aliphatic heterocycles. The summed E-state index contributed by atoms with van der Waals surface area (Å²) >= 11 is 0. The Bertz CT molecular complexity index is 4770. The van der Waals surface area contributed by atoms with Crippen LogP contribution < -0.4 is 112 Å². The molecule has 0 aromatic carbocycles. The smallest absolute Gasteiger partial charge is 0.326 e. The quantitative estimate of drug-likeness (QED) is 0.0161. The van der Waals surface area contributed by atoms with Crippen molar-refractivity contribution in [3.05, 3.63) is 91.1 Å². The first-order chi connectivity index (χ1) is 64.2. The van der Waals surface area contributed by atoms with Gasteiger partial charge in [-0.15, -0.1) is 0 Å². The number of imidazole rings is 5. The number of unbranched alkanes of at least 4 members (excludes halogenated alkanes) is 1. The Kier molecular flexibility index (Phi) is 47.2. The van der Waals surface area contributed by atoms with Gasteiger partial charge in [-0.25, -0.2) is 29.7 Å². The van der Waals surface area contributed by atoms with Crippen molar-refractivity contribution in [2.24, 2.45) is 23.3 Å². The minimum absolute atomic E-state index is 0.00267. The molecule has 0 radical (unpaired) electrons. The molecule has 5 rings (SSSR count). The summed E-state index contributed by atoms with van der Waals surface area (Å²) < 4.78 is 0. The number of aliphatic carboxylic acids is 2. The van der Waals surface area contributed by atoms with Gasteiger partial charge >= 0.3 is 11.9 Å². The van der Waals surface area contributed by atoms with Crippen LogP contribution >= 0.6 is 0 Å². The number of nitrogens with one attached hydrogen (secondary N) is 24. The van der Waals surface area contributed by atoms with Gasteiger partial charge in [0.15, 0.2) is 0 Å². The van der Waals surface area contributed by atoms with E-state index in [1.807, 2.05) is 0 Å². The number of aromatic nitrogens is 10. The van der Waals surface area contributed by atoms with Gasteiger partial charge in [-0.1, -0.05) is 34.1 Å². The van der Waals surface area contributed by atoms with E-state index in [2.05, 4.69) is 151 Å². The Hall–Kier alpha value is -15.2. The first-order valence-electron chi connectivity index (χ1n) is 42.7. The van der Waals surface area contributed by atoms with Gasteiger partial charge in [-0.2, -0.15) is 0 Å². The van der Waals surface area contributed by atoms with Crippen molar-refractivity contribution in [3.8, 4) is 0 Å². The van der Waals surface area contributed by atoms with Crippen molar-refractivity contribution >= 4 is 124 Å². The van der Waals surface area contributed by atoms with Crippen molar-refractivity contribution in [2.45, 2.75) is 197 Å². The maximum Gasteiger partial charge on any atom is 0.326 e. The van der Waals surface area contributed by atoms with Gasteiger partial charge in [0.2, 0.25) is 112 Å². The Labute approximate surface area is 770 Å². The third-order valence-electron chi connectivity index (χ3n) is 20.0. The molecule has 19 amide bonds. The average molecular weight is 1900 g/mol. The molecule has 0 saturated heterocycles. The van der Waals surface area contributed by atoms with E-state index < -0.39 is 281 Å². The molecule has 0 spiro atoms. The van der Waals surface area contributed by atoms with Crippen LogP contribution in [0.5, 0.6) is 0 Å². The van der Waals surface area contributed by atoms with Crippen LogP contribution in [0.1, 0.15) is 115 Å². The Morgan fingerprint density at radius 3 is 1.03 bits per heavy atom. The van der Waals surface area contributed by atoms with E-state index in [9.17, 15) is 121 Å². The molecule has 14 atom stereocenters. The predicted molar refractivity (Wildman–Crippen MR) is 466 cm³/mol. The number of aliphatic hydroxyl groups excluding tert-OH is 2. The third-order valence-corrected chi connectivity index (χ3v) is 20.0. The number of carboxylic acid groups (broad SMARTS) is 2. The van der Waals surface area contributed by atoms with Crippen molar-refractivity contribution in [3.63, 3.8) is 0 Å². The molecular weight excluding hydrogens is 1780 g/mol. The molecule has 0 bridgehead atoms. The lowest BCUT2D eigenvalue weighted by molar-refractivity contribution is -0.142. The number of hydrogen-bond acceptors (Lipinski definition) is 30. The van der Waals surface area contributed by atoms with E-state index >= 15 is 0 Å². The number of carboxylic acids is 2. The lowest BCUT2D eigenvalue weighted by atomic mass is 9.97. The fourth-order valence-corrected chi connectivity index (χ4v) is 12.5. The molecule has 5 aromatic heterocycles. The molecule has 5 aromatic rings. The first-order valence-corrected chi connectivity index (χ1v) is 42.7. The van der Waals surface area contributed by atoms with Crippen molar-refractivity contribution < 1.29 is 121 Å². The fraction of sp³-hybridized carbons (Fsp3) is 0.544. The highest BCUT2D eigenvalue weighted by Gasteiger charge is 2.38. The van der Waals surface area contributed by atoms with Crippen LogP contribution in [0.4, 0.5) is 0 Å².